The van der Waals surface area contributed by atoms with Gasteiger partial charge in [-0.25, -0.2) is 4.39 Å². The highest BCUT2D eigenvalue weighted by molar-refractivity contribution is 5.81. The molecule has 1 fully saturated rings. The van der Waals surface area contributed by atoms with Crippen LogP contribution < -0.4 is 5.32 Å². The van der Waals surface area contributed by atoms with Gasteiger partial charge in [-0.15, -0.1) is 0 Å². The zero-order valence-electron chi connectivity index (χ0n) is 12.9. The first-order chi connectivity index (χ1) is 10.6. The van der Waals surface area contributed by atoms with Gasteiger partial charge in [-0.3, -0.25) is 0 Å². The molecular formula is C17H23FN2O2. The molecule has 3 rings (SSSR count). The summed E-state index contributed by atoms with van der Waals surface area (Å²) in [6.07, 6.45) is 4.13. The molecule has 1 aliphatic rings. The summed E-state index contributed by atoms with van der Waals surface area (Å²) in [5.74, 6) is -0.231. The third-order valence-corrected chi connectivity index (χ3v) is 4.61. The number of furan rings is 1. The van der Waals surface area contributed by atoms with E-state index < -0.39 is 5.60 Å². The number of halogens is 1. The third kappa shape index (κ3) is 3.32. The Bertz CT molecular complexity index is 633. The zero-order chi connectivity index (χ0) is 15.6. The Balaban J connectivity index is 1.58. The van der Waals surface area contributed by atoms with E-state index in [1.54, 1.807) is 12.3 Å². The van der Waals surface area contributed by atoms with Gasteiger partial charge < -0.3 is 19.7 Å². The van der Waals surface area contributed by atoms with E-state index in [1.165, 1.54) is 12.1 Å². The van der Waals surface area contributed by atoms with Crippen LogP contribution in [0.2, 0.25) is 0 Å². The quantitative estimate of drug-likeness (QED) is 0.889. The highest BCUT2D eigenvalue weighted by atomic mass is 19.1. The second-order valence-electron chi connectivity index (χ2n) is 6.25. The third-order valence-electron chi connectivity index (χ3n) is 4.61. The SMILES string of the molecule is CNCC1(O)CCN(CCc2coc3ccc(F)cc23)CC1. The molecule has 0 atom stereocenters. The van der Waals surface area contributed by atoms with Crippen LogP contribution in [0.4, 0.5) is 4.39 Å². The van der Waals surface area contributed by atoms with Gasteiger partial charge in [0.2, 0.25) is 0 Å². The number of rotatable bonds is 5. The molecule has 2 aromatic rings. The molecular weight excluding hydrogens is 283 g/mol. The molecule has 1 aromatic heterocycles. The van der Waals surface area contributed by atoms with Crippen LogP contribution in [0.25, 0.3) is 11.0 Å². The molecule has 0 amide bonds. The van der Waals surface area contributed by atoms with Crippen molar-refractivity contribution in [1.29, 1.82) is 0 Å². The van der Waals surface area contributed by atoms with Crippen molar-refractivity contribution in [3.8, 4) is 0 Å². The minimum absolute atomic E-state index is 0.231. The molecule has 0 bridgehead atoms. The summed E-state index contributed by atoms with van der Waals surface area (Å²) in [5, 5.41) is 14.3. The lowest BCUT2D eigenvalue weighted by Gasteiger charge is -2.38. The predicted molar refractivity (Wildman–Crippen MR) is 84.4 cm³/mol. The van der Waals surface area contributed by atoms with Crippen LogP contribution in [0.15, 0.2) is 28.9 Å². The second kappa shape index (κ2) is 6.36. The topological polar surface area (TPSA) is 48.6 Å². The van der Waals surface area contributed by atoms with E-state index >= 15 is 0 Å². The number of hydrogen-bond acceptors (Lipinski definition) is 4. The van der Waals surface area contributed by atoms with Crippen LogP contribution in [0.5, 0.6) is 0 Å². The number of piperidine rings is 1. The van der Waals surface area contributed by atoms with Gasteiger partial charge in [-0.05, 0) is 50.1 Å². The van der Waals surface area contributed by atoms with E-state index in [0.29, 0.717) is 6.54 Å². The van der Waals surface area contributed by atoms with Crippen molar-refractivity contribution < 1.29 is 13.9 Å². The van der Waals surface area contributed by atoms with Crippen LogP contribution in [0.3, 0.4) is 0 Å². The lowest BCUT2D eigenvalue weighted by atomic mass is 9.91. The Hall–Kier alpha value is -1.43. The van der Waals surface area contributed by atoms with E-state index in [2.05, 4.69) is 10.2 Å². The summed E-state index contributed by atoms with van der Waals surface area (Å²) in [6, 6.07) is 4.63. The molecule has 5 heteroatoms. The van der Waals surface area contributed by atoms with E-state index in [4.69, 9.17) is 4.42 Å². The molecule has 120 valence electrons. The van der Waals surface area contributed by atoms with Gasteiger partial charge in [0.05, 0.1) is 11.9 Å². The molecule has 1 saturated heterocycles. The summed E-state index contributed by atoms with van der Waals surface area (Å²) in [7, 11) is 1.87. The van der Waals surface area contributed by atoms with E-state index in [-0.39, 0.29) is 5.82 Å². The Morgan fingerprint density at radius 1 is 1.36 bits per heavy atom. The summed E-state index contributed by atoms with van der Waals surface area (Å²) in [6.45, 7) is 3.33. The highest BCUT2D eigenvalue weighted by Crippen LogP contribution is 2.24. The van der Waals surface area contributed by atoms with Gasteiger partial charge >= 0.3 is 0 Å². The molecule has 2 N–H and O–H groups in total. The molecule has 4 nitrogen and oxygen atoms in total. The summed E-state index contributed by atoms with van der Waals surface area (Å²) in [5.41, 5.74) is 1.21. The molecule has 22 heavy (non-hydrogen) atoms. The molecule has 1 aliphatic heterocycles. The highest BCUT2D eigenvalue weighted by Gasteiger charge is 2.31. The van der Waals surface area contributed by atoms with Crippen LogP contribution in [-0.2, 0) is 6.42 Å². The number of hydrogen-bond donors (Lipinski definition) is 2. The van der Waals surface area contributed by atoms with Gasteiger partial charge in [0.25, 0.3) is 0 Å². The summed E-state index contributed by atoms with van der Waals surface area (Å²) >= 11 is 0. The molecule has 0 saturated carbocycles. The number of nitrogens with zero attached hydrogens (tertiary/aromatic N) is 1. The van der Waals surface area contributed by atoms with E-state index in [0.717, 1.165) is 55.4 Å². The average Bonchev–Trinajstić information content (AvgIpc) is 2.89. The average molecular weight is 306 g/mol. The predicted octanol–water partition coefficient (Wildman–Crippen LogP) is 2.16. The van der Waals surface area contributed by atoms with E-state index in [9.17, 15) is 9.50 Å². The maximum Gasteiger partial charge on any atom is 0.134 e. The lowest BCUT2D eigenvalue weighted by molar-refractivity contribution is -0.0182. The largest absolute Gasteiger partial charge is 0.464 e. The number of nitrogens with one attached hydrogen (secondary N) is 1. The van der Waals surface area contributed by atoms with Crippen molar-refractivity contribution in [3.63, 3.8) is 0 Å². The monoisotopic (exact) mass is 306 g/mol. The van der Waals surface area contributed by atoms with Crippen LogP contribution >= 0.6 is 0 Å². The molecule has 0 aliphatic carbocycles. The normalized spacial score (nSPS) is 18.9. The lowest BCUT2D eigenvalue weighted by Crippen LogP contribution is -2.49. The van der Waals surface area contributed by atoms with Gasteiger partial charge in [-0.2, -0.15) is 0 Å². The molecule has 1 aromatic carbocycles. The Labute approximate surface area is 129 Å². The Kier molecular flexibility index (Phi) is 4.47. The summed E-state index contributed by atoms with van der Waals surface area (Å²) < 4.78 is 18.8. The van der Waals surface area contributed by atoms with Crippen molar-refractivity contribution in [1.82, 2.24) is 10.2 Å². The minimum atomic E-state index is -0.573. The number of benzene rings is 1. The van der Waals surface area contributed by atoms with Gasteiger partial charge in [-0.1, -0.05) is 0 Å². The first-order valence-electron chi connectivity index (χ1n) is 7.85. The maximum absolute atomic E-state index is 13.4. The number of likely N-dealkylation sites (tertiary alicyclic amines) is 1. The fraction of sp³-hybridized carbons (Fsp3) is 0.529. The van der Waals surface area contributed by atoms with Gasteiger partial charge in [0, 0.05) is 31.6 Å². The zero-order valence-corrected chi connectivity index (χ0v) is 12.9. The van der Waals surface area contributed by atoms with Crippen molar-refractivity contribution >= 4 is 11.0 Å². The van der Waals surface area contributed by atoms with Crippen LogP contribution in [0.1, 0.15) is 18.4 Å². The Morgan fingerprint density at radius 3 is 2.86 bits per heavy atom. The fourth-order valence-electron chi connectivity index (χ4n) is 3.22. The number of aliphatic hydroxyl groups is 1. The standard InChI is InChI=1S/C17H23FN2O2/c1-19-12-17(21)5-8-20(9-6-17)7-4-13-11-22-16-3-2-14(18)10-15(13)16/h2-3,10-11,19,21H,4-9,12H2,1H3. The first kappa shape index (κ1) is 15.5. The molecule has 2 heterocycles. The fourth-order valence-corrected chi connectivity index (χ4v) is 3.22. The van der Waals surface area contributed by atoms with Crippen LogP contribution in [0, 0.1) is 5.82 Å². The van der Waals surface area contributed by atoms with Crippen molar-refractivity contribution in [2.24, 2.45) is 0 Å². The van der Waals surface area contributed by atoms with Crippen molar-refractivity contribution in [2.75, 3.05) is 33.2 Å². The Morgan fingerprint density at radius 2 is 2.14 bits per heavy atom. The smallest absolute Gasteiger partial charge is 0.134 e. The van der Waals surface area contributed by atoms with Gasteiger partial charge in [0.1, 0.15) is 11.4 Å². The summed E-state index contributed by atoms with van der Waals surface area (Å²) in [4.78, 5) is 2.35. The second-order valence-corrected chi connectivity index (χ2v) is 6.25. The number of likely N-dealkylation sites (N-methyl/N-ethyl adjacent to an activating group) is 1. The van der Waals surface area contributed by atoms with Gasteiger partial charge in [0.15, 0.2) is 0 Å². The molecule has 0 spiro atoms. The number of fused-ring (bicyclic) bond motifs is 1. The van der Waals surface area contributed by atoms with E-state index in [1.807, 2.05) is 7.05 Å². The molecule has 0 unspecified atom stereocenters. The van der Waals surface area contributed by atoms with Crippen molar-refractivity contribution in [2.45, 2.75) is 24.9 Å². The minimum Gasteiger partial charge on any atom is -0.464 e. The maximum atomic E-state index is 13.4. The van der Waals surface area contributed by atoms with Crippen molar-refractivity contribution in [3.05, 3.63) is 35.8 Å². The first-order valence-corrected chi connectivity index (χ1v) is 7.85. The molecule has 0 radical (unpaired) electrons. The van der Waals surface area contributed by atoms with Crippen LogP contribution in [-0.4, -0.2) is 48.8 Å².